The van der Waals surface area contributed by atoms with Crippen LogP contribution in [0.4, 0.5) is 0 Å². The van der Waals surface area contributed by atoms with Gasteiger partial charge in [-0.3, -0.25) is 9.59 Å². The van der Waals surface area contributed by atoms with E-state index in [1.165, 1.54) is 12.8 Å². The minimum atomic E-state index is -0.114. The molecular formula is C15H19N3O3. The van der Waals surface area contributed by atoms with Gasteiger partial charge in [0.15, 0.2) is 5.69 Å². The molecule has 112 valence electrons. The molecule has 0 spiro atoms. The summed E-state index contributed by atoms with van der Waals surface area (Å²) in [6.45, 7) is 3.23. The summed E-state index contributed by atoms with van der Waals surface area (Å²) in [7, 11) is 0. The van der Waals surface area contributed by atoms with Crippen molar-refractivity contribution in [3.05, 3.63) is 17.5 Å². The van der Waals surface area contributed by atoms with Crippen LogP contribution in [-0.4, -0.2) is 41.0 Å². The van der Waals surface area contributed by atoms with Crippen molar-refractivity contribution >= 4 is 11.8 Å². The highest BCUT2D eigenvalue weighted by molar-refractivity contribution is 5.94. The first-order valence-electron chi connectivity index (χ1n) is 7.65. The summed E-state index contributed by atoms with van der Waals surface area (Å²) in [4.78, 5) is 26.5. The lowest BCUT2D eigenvalue weighted by Gasteiger charge is -2.35. The van der Waals surface area contributed by atoms with E-state index in [1.54, 1.807) is 17.9 Å². The van der Waals surface area contributed by atoms with Crippen molar-refractivity contribution in [1.82, 2.24) is 15.4 Å². The van der Waals surface area contributed by atoms with Crippen molar-refractivity contribution < 1.29 is 14.1 Å². The molecule has 2 bridgehead atoms. The van der Waals surface area contributed by atoms with E-state index >= 15 is 0 Å². The number of nitrogens with one attached hydrogen (secondary N) is 1. The normalized spacial score (nSPS) is 30.1. The van der Waals surface area contributed by atoms with Crippen molar-refractivity contribution in [2.45, 2.75) is 32.2 Å². The van der Waals surface area contributed by atoms with E-state index in [0.29, 0.717) is 29.8 Å². The van der Waals surface area contributed by atoms with Gasteiger partial charge >= 0.3 is 0 Å². The molecule has 4 fully saturated rings. The molecule has 0 radical (unpaired) electrons. The van der Waals surface area contributed by atoms with Gasteiger partial charge in [0, 0.05) is 25.2 Å². The first-order chi connectivity index (χ1) is 10.1. The highest BCUT2D eigenvalue weighted by Gasteiger charge is 2.57. The quantitative estimate of drug-likeness (QED) is 0.896. The van der Waals surface area contributed by atoms with Crippen LogP contribution < -0.4 is 5.32 Å². The van der Waals surface area contributed by atoms with Crippen LogP contribution in [0.2, 0.25) is 0 Å². The summed E-state index contributed by atoms with van der Waals surface area (Å²) in [6.07, 6.45) is 3.39. The first kappa shape index (κ1) is 12.9. The molecule has 2 aliphatic carbocycles. The van der Waals surface area contributed by atoms with Gasteiger partial charge in [-0.05, 0) is 38.0 Å². The fraction of sp³-hybridized carbons (Fsp3) is 0.667. The van der Waals surface area contributed by atoms with Crippen LogP contribution >= 0.6 is 0 Å². The van der Waals surface area contributed by atoms with Crippen LogP contribution in [-0.2, 0) is 4.79 Å². The zero-order chi connectivity index (χ0) is 14.6. The Kier molecular flexibility index (Phi) is 2.80. The number of hydrogen-bond acceptors (Lipinski definition) is 4. The molecule has 2 amide bonds. The molecule has 4 aliphatic rings. The van der Waals surface area contributed by atoms with E-state index in [4.69, 9.17) is 4.52 Å². The number of carbonyl (C=O) groups is 2. The maximum absolute atomic E-state index is 12.4. The van der Waals surface area contributed by atoms with Gasteiger partial charge in [-0.25, -0.2) is 0 Å². The van der Waals surface area contributed by atoms with Crippen LogP contribution in [0.1, 0.15) is 35.5 Å². The smallest absolute Gasteiger partial charge is 0.276 e. The third-order valence-electron chi connectivity index (χ3n) is 4.97. The fourth-order valence-electron chi connectivity index (χ4n) is 3.54. The van der Waals surface area contributed by atoms with Crippen LogP contribution in [0, 0.1) is 24.7 Å². The van der Waals surface area contributed by atoms with Gasteiger partial charge in [0.05, 0.1) is 5.92 Å². The Morgan fingerprint density at radius 3 is 2.95 bits per heavy atom. The number of hydrogen-bond donors (Lipinski definition) is 1. The van der Waals surface area contributed by atoms with Gasteiger partial charge in [0.2, 0.25) is 5.91 Å². The van der Waals surface area contributed by atoms with E-state index < -0.39 is 0 Å². The molecule has 2 saturated carbocycles. The van der Waals surface area contributed by atoms with Gasteiger partial charge in [-0.15, -0.1) is 0 Å². The summed E-state index contributed by atoms with van der Waals surface area (Å²) in [5.74, 6) is 1.60. The molecule has 3 heterocycles. The topological polar surface area (TPSA) is 75.4 Å². The predicted octanol–water partition coefficient (Wildman–Crippen LogP) is 0.970. The Morgan fingerprint density at radius 1 is 1.48 bits per heavy atom. The van der Waals surface area contributed by atoms with Crippen molar-refractivity contribution in [2.75, 3.05) is 13.1 Å². The lowest BCUT2D eigenvalue weighted by Crippen LogP contribution is -2.49. The molecule has 1 N–H and O–H groups in total. The Morgan fingerprint density at radius 2 is 2.29 bits per heavy atom. The number of aryl methyl sites for hydroxylation is 1. The second-order valence-corrected chi connectivity index (χ2v) is 6.56. The second kappa shape index (κ2) is 4.58. The molecule has 2 aliphatic heterocycles. The molecule has 3 atom stereocenters. The monoisotopic (exact) mass is 289 g/mol. The summed E-state index contributed by atoms with van der Waals surface area (Å²) in [5, 5.41) is 6.82. The molecule has 21 heavy (non-hydrogen) atoms. The lowest BCUT2D eigenvalue weighted by atomic mass is 9.73. The molecule has 6 heteroatoms. The third kappa shape index (κ3) is 2.13. The molecule has 1 aromatic rings. The summed E-state index contributed by atoms with van der Waals surface area (Å²) < 4.78 is 4.96. The Balaban J connectivity index is 1.41. The van der Waals surface area contributed by atoms with Crippen LogP contribution in [0.15, 0.2) is 10.6 Å². The second-order valence-electron chi connectivity index (χ2n) is 6.56. The third-order valence-corrected chi connectivity index (χ3v) is 4.97. The number of aromatic nitrogens is 1. The number of nitrogens with zero attached hydrogens (tertiary/aromatic N) is 2. The highest BCUT2D eigenvalue weighted by atomic mass is 16.5. The van der Waals surface area contributed by atoms with Crippen LogP contribution in [0.5, 0.6) is 0 Å². The van der Waals surface area contributed by atoms with Crippen molar-refractivity contribution in [1.29, 1.82) is 0 Å². The summed E-state index contributed by atoms with van der Waals surface area (Å²) in [6, 6.07) is 1.69. The zero-order valence-corrected chi connectivity index (χ0v) is 12.0. The fourth-order valence-corrected chi connectivity index (χ4v) is 3.54. The standard InChI is InChI=1S/C15H19N3O3/c1-8-4-11(17-21-8)15(20)18-7-10-5-12(18)13(10)14(19)16-6-9-2-3-9/h4,9-10,12-13H,2-3,5-7H2,1H3,(H,16,19)/t10-,12-,13-/m1/s1. The lowest BCUT2D eigenvalue weighted by molar-refractivity contribution is -0.129. The molecule has 0 aromatic carbocycles. The molecule has 6 nitrogen and oxygen atoms in total. The van der Waals surface area contributed by atoms with E-state index in [0.717, 1.165) is 13.0 Å². The van der Waals surface area contributed by atoms with E-state index in [-0.39, 0.29) is 23.8 Å². The van der Waals surface area contributed by atoms with Gasteiger partial charge in [-0.2, -0.15) is 0 Å². The van der Waals surface area contributed by atoms with Crippen molar-refractivity contribution in [3.63, 3.8) is 0 Å². The minimum Gasteiger partial charge on any atom is -0.361 e. The number of rotatable bonds is 4. The first-order valence-corrected chi connectivity index (χ1v) is 7.65. The molecule has 2 saturated heterocycles. The summed E-state index contributed by atoms with van der Waals surface area (Å²) >= 11 is 0. The van der Waals surface area contributed by atoms with Crippen molar-refractivity contribution in [3.8, 4) is 0 Å². The Labute approximate surface area is 122 Å². The van der Waals surface area contributed by atoms with Crippen LogP contribution in [0.25, 0.3) is 0 Å². The van der Waals surface area contributed by atoms with Crippen LogP contribution in [0.3, 0.4) is 0 Å². The molecule has 5 rings (SSSR count). The van der Waals surface area contributed by atoms with E-state index in [9.17, 15) is 9.59 Å². The maximum atomic E-state index is 12.4. The zero-order valence-electron chi connectivity index (χ0n) is 12.0. The maximum Gasteiger partial charge on any atom is 0.276 e. The number of amides is 2. The highest BCUT2D eigenvalue weighted by Crippen LogP contribution is 2.47. The van der Waals surface area contributed by atoms with Gasteiger partial charge in [-0.1, -0.05) is 5.16 Å². The Hall–Kier alpha value is -1.85. The Bertz CT molecular complexity index is 593. The van der Waals surface area contributed by atoms with Crippen molar-refractivity contribution in [2.24, 2.45) is 17.8 Å². The van der Waals surface area contributed by atoms with Gasteiger partial charge in [0.1, 0.15) is 5.76 Å². The average Bonchev–Trinajstić information content (AvgIpc) is 2.86. The summed E-state index contributed by atoms with van der Waals surface area (Å²) in [5.41, 5.74) is 0.345. The van der Waals surface area contributed by atoms with E-state index in [1.807, 2.05) is 0 Å². The average molecular weight is 289 g/mol. The predicted molar refractivity (Wildman–Crippen MR) is 73.4 cm³/mol. The number of fused-ring (bicyclic) bond motifs is 1. The SMILES string of the molecule is Cc1cc(C(=O)N2C[C@H]3C[C@@H]2[C@@H]3C(=O)NCC2CC2)no1. The van der Waals surface area contributed by atoms with Gasteiger partial charge < -0.3 is 14.7 Å². The minimum absolute atomic E-state index is 0.0271. The molecular weight excluding hydrogens is 270 g/mol. The van der Waals surface area contributed by atoms with Gasteiger partial charge in [0.25, 0.3) is 5.91 Å². The largest absolute Gasteiger partial charge is 0.361 e. The van der Waals surface area contributed by atoms with E-state index in [2.05, 4.69) is 10.5 Å². The molecule has 1 aromatic heterocycles. The molecule has 0 unspecified atom stereocenters. The number of carbonyl (C=O) groups excluding carboxylic acids is 2.